The van der Waals surface area contributed by atoms with E-state index >= 15 is 0 Å². The Morgan fingerprint density at radius 2 is 1.88 bits per heavy atom. The third-order valence-corrected chi connectivity index (χ3v) is 4.34. The summed E-state index contributed by atoms with van der Waals surface area (Å²) < 4.78 is 53.6. The number of benzene rings is 2. The van der Waals surface area contributed by atoms with Crippen molar-refractivity contribution in [3.05, 3.63) is 65.3 Å². The van der Waals surface area contributed by atoms with Gasteiger partial charge >= 0.3 is 18.0 Å². The maximum atomic E-state index is 12.8. The van der Waals surface area contributed by atoms with Crippen molar-refractivity contribution in [1.29, 1.82) is 0 Å². The summed E-state index contributed by atoms with van der Waals surface area (Å²) in [5, 5.41) is 8.47. The summed E-state index contributed by atoms with van der Waals surface area (Å²) in [6.07, 6.45) is -4.92. The number of halogens is 3. The number of carbonyl (C=O) groups excluding carboxylic acids is 2. The van der Waals surface area contributed by atoms with Crippen LogP contribution in [-0.2, 0) is 23.9 Å². The summed E-state index contributed by atoms with van der Waals surface area (Å²) in [6.45, 7) is 0.292. The van der Waals surface area contributed by atoms with Gasteiger partial charge in [-0.3, -0.25) is 9.59 Å². The van der Waals surface area contributed by atoms with E-state index in [9.17, 15) is 22.8 Å². The molecule has 0 bridgehead atoms. The highest BCUT2D eigenvalue weighted by atomic mass is 19.4. The molecule has 166 valence electrons. The quantitative estimate of drug-likeness (QED) is 0.596. The minimum atomic E-state index is -4.53. The first-order chi connectivity index (χ1) is 15.3. The molecule has 2 aromatic carbocycles. The lowest BCUT2D eigenvalue weighted by molar-refractivity contribution is -0.137. The van der Waals surface area contributed by atoms with Gasteiger partial charge in [0.2, 0.25) is 12.7 Å². The van der Waals surface area contributed by atoms with Gasteiger partial charge in [0.05, 0.1) is 12.0 Å². The minimum Gasteiger partial charge on any atom is -0.454 e. The third kappa shape index (κ3) is 4.96. The number of hydrogen-bond acceptors (Lipinski definition) is 7. The molecule has 12 heteroatoms. The Morgan fingerprint density at radius 3 is 2.69 bits per heavy atom. The van der Waals surface area contributed by atoms with E-state index in [0.29, 0.717) is 11.5 Å². The topological polar surface area (TPSA) is 116 Å². The first kappa shape index (κ1) is 21.2. The molecular weight excluding hydrogens is 433 g/mol. The molecule has 0 radical (unpaired) electrons. The predicted molar refractivity (Wildman–Crippen MR) is 102 cm³/mol. The molecule has 2 heterocycles. The van der Waals surface area contributed by atoms with Crippen LogP contribution in [0.15, 0.2) is 47.0 Å². The Hall–Kier alpha value is -4.09. The fraction of sp³-hybridized carbons (Fsp3) is 0.200. The van der Waals surface area contributed by atoms with Crippen molar-refractivity contribution in [3.8, 4) is 11.5 Å². The van der Waals surface area contributed by atoms with Crippen LogP contribution in [0.1, 0.15) is 27.6 Å². The van der Waals surface area contributed by atoms with Crippen molar-refractivity contribution in [2.75, 3.05) is 12.1 Å². The second kappa shape index (κ2) is 8.57. The highest BCUT2D eigenvalue weighted by molar-refractivity contribution is 5.92. The number of fused-ring (bicyclic) bond motifs is 1. The van der Waals surface area contributed by atoms with Crippen LogP contribution < -0.4 is 20.1 Å². The molecule has 1 aliphatic heterocycles. The van der Waals surface area contributed by atoms with Crippen molar-refractivity contribution in [3.63, 3.8) is 0 Å². The normalized spacial score (nSPS) is 12.5. The summed E-state index contributed by atoms with van der Waals surface area (Å²) in [7, 11) is 0. The molecule has 1 aliphatic rings. The molecule has 4 rings (SSSR count). The van der Waals surface area contributed by atoms with Crippen LogP contribution in [0.5, 0.6) is 11.5 Å². The number of rotatable bonds is 6. The van der Waals surface area contributed by atoms with Gasteiger partial charge in [-0.05, 0) is 35.9 Å². The van der Waals surface area contributed by atoms with Gasteiger partial charge in [-0.25, -0.2) is 0 Å². The van der Waals surface area contributed by atoms with Gasteiger partial charge in [-0.15, -0.1) is 0 Å². The number of aromatic nitrogens is 2. The SMILES string of the molecule is O=C(Cc1noc(C(=O)NCc2ccc3c(c2)OCO3)n1)Nc1cccc(C(F)(F)F)c1. The van der Waals surface area contributed by atoms with Gasteiger partial charge < -0.3 is 24.6 Å². The van der Waals surface area contributed by atoms with E-state index in [0.717, 1.165) is 17.7 Å². The summed E-state index contributed by atoms with van der Waals surface area (Å²) in [5.74, 6) is -0.582. The second-order valence-corrected chi connectivity index (χ2v) is 6.69. The predicted octanol–water partition coefficient (Wildman–Crippen LogP) is 2.93. The molecule has 1 aromatic heterocycles. The number of nitrogens with zero attached hydrogens (tertiary/aromatic N) is 2. The Bertz CT molecular complexity index is 1160. The molecule has 0 saturated heterocycles. The fourth-order valence-electron chi connectivity index (χ4n) is 2.85. The highest BCUT2D eigenvalue weighted by Crippen LogP contribution is 2.32. The number of ether oxygens (including phenoxy) is 2. The number of alkyl halides is 3. The Morgan fingerprint density at radius 1 is 1.06 bits per heavy atom. The molecule has 0 unspecified atom stereocenters. The van der Waals surface area contributed by atoms with Crippen LogP contribution in [-0.4, -0.2) is 28.7 Å². The number of nitrogens with one attached hydrogen (secondary N) is 2. The smallest absolute Gasteiger partial charge is 0.416 e. The molecule has 0 atom stereocenters. The maximum Gasteiger partial charge on any atom is 0.416 e. The zero-order valence-corrected chi connectivity index (χ0v) is 16.2. The van der Waals surface area contributed by atoms with Crippen LogP contribution in [0.4, 0.5) is 18.9 Å². The number of hydrogen-bond donors (Lipinski definition) is 2. The zero-order chi connectivity index (χ0) is 22.7. The van der Waals surface area contributed by atoms with Crippen molar-refractivity contribution in [1.82, 2.24) is 15.5 Å². The largest absolute Gasteiger partial charge is 0.454 e. The molecular formula is C20H15F3N4O5. The van der Waals surface area contributed by atoms with Gasteiger partial charge in [0, 0.05) is 12.2 Å². The Balaban J connectivity index is 1.31. The van der Waals surface area contributed by atoms with E-state index in [1.807, 2.05) is 0 Å². The van der Waals surface area contributed by atoms with E-state index in [4.69, 9.17) is 14.0 Å². The van der Waals surface area contributed by atoms with E-state index < -0.39 is 30.0 Å². The molecule has 0 spiro atoms. The average Bonchev–Trinajstić information content (AvgIpc) is 3.40. The third-order valence-electron chi connectivity index (χ3n) is 4.34. The maximum absolute atomic E-state index is 12.8. The van der Waals surface area contributed by atoms with E-state index in [1.165, 1.54) is 12.1 Å². The lowest BCUT2D eigenvalue weighted by atomic mass is 10.2. The van der Waals surface area contributed by atoms with E-state index in [-0.39, 0.29) is 30.7 Å². The summed E-state index contributed by atoms with van der Waals surface area (Å²) in [4.78, 5) is 28.1. The van der Waals surface area contributed by atoms with E-state index in [2.05, 4.69) is 20.8 Å². The minimum absolute atomic E-state index is 0.0324. The molecule has 2 N–H and O–H groups in total. The number of amides is 2. The van der Waals surface area contributed by atoms with Gasteiger partial charge in [-0.1, -0.05) is 17.3 Å². The van der Waals surface area contributed by atoms with Gasteiger partial charge in [-0.2, -0.15) is 18.2 Å². The van der Waals surface area contributed by atoms with Crippen molar-refractivity contribution in [2.24, 2.45) is 0 Å². The molecule has 0 saturated carbocycles. The molecule has 32 heavy (non-hydrogen) atoms. The summed E-state index contributed by atoms with van der Waals surface area (Å²) >= 11 is 0. The number of carbonyl (C=O) groups is 2. The van der Waals surface area contributed by atoms with Gasteiger partial charge in [0.15, 0.2) is 17.3 Å². The molecule has 9 nitrogen and oxygen atoms in total. The van der Waals surface area contributed by atoms with Crippen LogP contribution in [0.25, 0.3) is 0 Å². The standard InChI is InChI=1S/C20H15F3N4O5/c21-20(22,23)12-2-1-3-13(7-12)25-17(28)8-16-26-19(32-27-16)18(29)24-9-11-4-5-14-15(6-11)31-10-30-14/h1-7H,8-10H2,(H,24,29)(H,25,28). The average molecular weight is 448 g/mol. The fourth-order valence-corrected chi connectivity index (χ4v) is 2.85. The van der Waals surface area contributed by atoms with Gasteiger partial charge in [0.25, 0.3) is 0 Å². The van der Waals surface area contributed by atoms with Crippen LogP contribution in [0.2, 0.25) is 0 Å². The lowest BCUT2D eigenvalue weighted by Gasteiger charge is -2.09. The molecule has 2 amide bonds. The van der Waals surface area contributed by atoms with Crippen LogP contribution in [0, 0.1) is 0 Å². The monoisotopic (exact) mass is 448 g/mol. The molecule has 0 fully saturated rings. The van der Waals surface area contributed by atoms with Crippen molar-refractivity contribution >= 4 is 17.5 Å². The van der Waals surface area contributed by atoms with Crippen LogP contribution in [0.3, 0.4) is 0 Å². The second-order valence-electron chi connectivity index (χ2n) is 6.69. The summed E-state index contributed by atoms with van der Waals surface area (Å²) in [6, 6.07) is 9.39. The summed E-state index contributed by atoms with van der Waals surface area (Å²) in [5.41, 5.74) is -0.172. The van der Waals surface area contributed by atoms with E-state index in [1.54, 1.807) is 18.2 Å². The molecule has 3 aromatic rings. The van der Waals surface area contributed by atoms with Gasteiger partial charge in [0.1, 0.15) is 0 Å². The molecule has 0 aliphatic carbocycles. The highest BCUT2D eigenvalue weighted by Gasteiger charge is 2.30. The zero-order valence-electron chi connectivity index (χ0n) is 16.2. The first-order valence-electron chi connectivity index (χ1n) is 9.24. The Kier molecular flexibility index (Phi) is 5.67. The van der Waals surface area contributed by atoms with Crippen molar-refractivity contribution in [2.45, 2.75) is 19.1 Å². The first-order valence-corrected chi connectivity index (χ1v) is 9.24. The Labute approximate surface area is 178 Å². The van der Waals surface area contributed by atoms with Crippen LogP contribution >= 0.6 is 0 Å². The lowest BCUT2D eigenvalue weighted by Crippen LogP contribution is -2.23. The number of anilines is 1. The van der Waals surface area contributed by atoms with Crippen molar-refractivity contribution < 1.29 is 36.8 Å².